The lowest BCUT2D eigenvalue weighted by Gasteiger charge is -2.33. The number of aromatic nitrogens is 2. The van der Waals surface area contributed by atoms with E-state index in [1.165, 1.54) is 0 Å². The van der Waals surface area contributed by atoms with Gasteiger partial charge in [0.05, 0.1) is 18.5 Å². The molecule has 2 N–H and O–H groups in total. The Balaban J connectivity index is 1.15. The number of amides is 1. The Morgan fingerprint density at radius 3 is 2.57 bits per heavy atom. The van der Waals surface area contributed by atoms with Crippen LogP contribution in [-0.2, 0) is 11.2 Å². The summed E-state index contributed by atoms with van der Waals surface area (Å²) in [5.74, 6) is 5.00. The molecule has 1 aromatic carbocycles. The largest absolute Gasteiger partial charge is 0.494 e. The summed E-state index contributed by atoms with van der Waals surface area (Å²) in [6.07, 6.45) is 3.84. The minimum Gasteiger partial charge on any atom is -0.494 e. The molecule has 2 aromatic rings. The molecule has 2 atom stereocenters. The summed E-state index contributed by atoms with van der Waals surface area (Å²) in [6, 6.07) is 8.18. The van der Waals surface area contributed by atoms with Gasteiger partial charge in [-0.3, -0.25) is 4.79 Å². The molecule has 3 heterocycles. The lowest BCUT2D eigenvalue weighted by Crippen LogP contribution is -2.43. The highest BCUT2D eigenvalue weighted by Crippen LogP contribution is 2.30. The van der Waals surface area contributed by atoms with Crippen molar-refractivity contribution in [3.05, 3.63) is 35.7 Å². The molecule has 0 spiro atoms. The molecule has 2 unspecified atom stereocenters. The zero-order chi connectivity index (χ0) is 24.8. The molecule has 1 amide bonds. The van der Waals surface area contributed by atoms with Crippen LogP contribution in [0, 0.1) is 11.8 Å². The molecule has 1 aromatic heterocycles. The van der Waals surface area contributed by atoms with Crippen LogP contribution in [0.5, 0.6) is 5.75 Å². The van der Waals surface area contributed by atoms with Crippen molar-refractivity contribution in [2.45, 2.75) is 58.4 Å². The van der Waals surface area contributed by atoms with Gasteiger partial charge in [0, 0.05) is 31.3 Å². The summed E-state index contributed by atoms with van der Waals surface area (Å²) in [6.45, 7) is 9.90. The summed E-state index contributed by atoms with van der Waals surface area (Å²) < 4.78 is 11.5. The van der Waals surface area contributed by atoms with E-state index in [1.807, 2.05) is 29.2 Å². The van der Waals surface area contributed by atoms with Gasteiger partial charge in [0.15, 0.2) is 5.82 Å². The first kappa shape index (κ1) is 25.8. The number of rotatable bonds is 10. The Labute approximate surface area is 212 Å². The zero-order valence-electron chi connectivity index (χ0n) is 21.2. The molecule has 192 valence electrons. The van der Waals surface area contributed by atoms with Gasteiger partial charge in [0.25, 0.3) is 0 Å². The molecular weight excluding hydrogens is 462 g/mol. The highest BCUT2D eigenvalue weighted by atomic mass is 32.2. The smallest absolute Gasteiger partial charge is 0.324 e. The van der Waals surface area contributed by atoms with E-state index in [-0.39, 0.29) is 11.8 Å². The van der Waals surface area contributed by atoms with Crippen LogP contribution in [0.2, 0.25) is 0 Å². The van der Waals surface area contributed by atoms with E-state index in [9.17, 15) is 4.79 Å². The molecule has 9 heteroatoms. The number of carbonyl (C=O) groups excluding carboxylic acids is 1. The van der Waals surface area contributed by atoms with Gasteiger partial charge in [-0.05, 0) is 55.2 Å². The summed E-state index contributed by atoms with van der Waals surface area (Å²) >= 11 is 1.78. The molecule has 0 aliphatic carbocycles. The zero-order valence-corrected chi connectivity index (χ0v) is 22.0. The first-order valence-electron chi connectivity index (χ1n) is 12.8. The molecular formula is C26H39N5O3S. The minimum atomic E-state index is -0.482. The third-order valence-corrected chi connectivity index (χ3v) is 8.13. The SMILES string of the molecule is CC(C)c1noc(N2CCC(C(C)CCOc3ccc(CC(N)C(=O)N4CCSC4)cc3)CC2)n1. The third kappa shape index (κ3) is 6.91. The average Bonchev–Trinajstić information content (AvgIpc) is 3.57. The highest BCUT2D eigenvalue weighted by molar-refractivity contribution is 7.99. The van der Waals surface area contributed by atoms with Gasteiger partial charge in [-0.25, -0.2) is 0 Å². The van der Waals surface area contributed by atoms with Gasteiger partial charge in [-0.15, -0.1) is 11.8 Å². The number of piperidine rings is 1. The Bertz CT molecular complexity index is 937. The van der Waals surface area contributed by atoms with Crippen molar-refractivity contribution in [2.24, 2.45) is 17.6 Å². The second-order valence-electron chi connectivity index (χ2n) is 10.1. The summed E-state index contributed by atoms with van der Waals surface area (Å²) in [5, 5.41) is 4.09. The van der Waals surface area contributed by atoms with Gasteiger partial charge in [0.1, 0.15) is 5.75 Å². The van der Waals surface area contributed by atoms with E-state index < -0.39 is 6.04 Å². The number of nitrogens with two attached hydrogens (primary N) is 1. The monoisotopic (exact) mass is 501 g/mol. The Morgan fingerprint density at radius 2 is 1.94 bits per heavy atom. The van der Waals surface area contributed by atoms with E-state index in [0.29, 0.717) is 30.9 Å². The molecule has 0 saturated carbocycles. The van der Waals surface area contributed by atoms with Crippen LogP contribution in [-0.4, -0.2) is 64.9 Å². The second kappa shape index (κ2) is 12.1. The standard InChI is InChI=1S/C26H39N5O3S/c1-18(2)24-28-26(34-29-24)30-11-8-21(9-12-30)19(3)10-14-33-22-6-4-20(5-7-22)16-23(27)25(32)31-13-15-35-17-31/h4-7,18-19,21,23H,8-17,27H2,1-3H3. The van der Waals surface area contributed by atoms with E-state index in [1.54, 1.807) is 11.8 Å². The van der Waals surface area contributed by atoms with Gasteiger partial charge < -0.3 is 24.8 Å². The molecule has 4 rings (SSSR count). The first-order chi connectivity index (χ1) is 16.9. The molecule has 2 aliphatic rings. The predicted molar refractivity (Wildman–Crippen MR) is 140 cm³/mol. The van der Waals surface area contributed by atoms with Crippen LogP contribution >= 0.6 is 11.8 Å². The summed E-state index contributed by atoms with van der Waals surface area (Å²) in [5.41, 5.74) is 7.22. The van der Waals surface area contributed by atoms with Crippen molar-refractivity contribution in [1.82, 2.24) is 15.0 Å². The van der Waals surface area contributed by atoms with Crippen LogP contribution in [0.1, 0.15) is 57.3 Å². The second-order valence-corrected chi connectivity index (χ2v) is 11.2. The topological polar surface area (TPSA) is 97.7 Å². The molecule has 8 nitrogen and oxygen atoms in total. The fourth-order valence-electron chi connectivity index (χ4n) is 4.73. The highest BCUT2D eigenvalue weighted by Gasteiger charge is 2.27. The Kier molecular flexibility index (Phi) is 8.94. The summed E-state index contributed by atoms with van der Waals surface area (Å²) in [4.78, 5) is 21.0. The van der Waals surface area contributed by atoms with Crippen molar-refractivity contribution in [3.63, 3.8) is 0 Å². The van der Waals surface area contributed by atoms with Gasteiger partial charge in [-0.1, -0.05) is 38.1 Å². The van der Waals surface area contributed by atoms with E-state index >= 15 is 0 Å². The van der Waals surface area contributed by atoms with Crippen LogP contribution in [0.3, 0.4) is 0 Å². The van der Waals surface area contributed by atoms with E-state index in [2.05, 4.69) is 35.8 Å². The molecule has 2 fully saturated rings. The quantitative estimate of drug-likeness (QED) is 0.523. The molecule has 0 radical (unpaired) electrons. The van der Waals surface area contributed by atoms with Crippen molar-refractivity contribution in [2.75, 3.05) is 42.8 Å². The normalized spacial score (nSPS) is 18.8. The molecule has 0 bridgehead atoms. The van der Waals surface area contributed by atoms with Crippen LogP contribution in [0.4, 0.5) is 6.01 Å². The summed E-state index contributed by atoms with van der Waals surface area (Å²) in [7, 11) is 0. The first-order valence-corrected chi connectivity index (χ1v) is 14.0. The van der Waals surface area contributed by atoms with Crippen molar-refractivity contribution in [3.8, 4) is 5.75 Å². The molecule has 2 aliphatic heterocycles. The number of nitrogens with zero attached hydrogens (tertiary/aromatic N) is 4. The van der Waals surface area contributed by atoms with Crippen LogP contribution in [0.25, 0.3) is 0 Å². The molecule has 2 saturated heterocycles. The fourth-order valence-corrected chi connectivity index (χ4v) is 5.69. The van der Waals surface area contributed by atoms with Gasteiger partial charge >= 0.3 is 6.01 Å². The number of hydrogen-bond donors (Lipinski definition) is 1. The van der Waals surface area contributed by atoms with Crippen LogP contribution < -0.4 is 15.4 Å². The number of ether oxygens (including phenoxy) is 1. The van der Waals surface area contributed by atoms with Crippen molar-refractivity contribution >= 4 is 23.7 Å². The number of hydrogen-bond acceptors (Lipinski definition) is 8. The Hall–Kier alpha value is -2.26. The predicted octanol–water partition coefficient (Wildman–Crippen LogP) is 3.92. The number of thioether (sulfide) groups is 1. The lowest BCUT2D eigenvalue weighted by molar-refractivity contribution is -0.131. The van der Waals surface area contributed by atoms with Gasteiger partial charge in [-0.2, -0.15) is 4.98 Å². The van der Waals surface area contributed by atoms with Crippen molar-refractivity contribution < 1.29 is 14.1 Å². The van der Waals surface area contributed by atoms with Crippen molar-refractivity contribution in [1.29, 1.82) is 0 Å². The third-order valence-electron chi connectivity index (χ3n) is 7.16. The number of anilines is 1. The number of carbonyl (C=O) groups is 1. The Morgan fingerprint density at radius 1 is 1.20 bits per heavy atom. The van der Waals surface area contributed by atoms with Gasteiger partial charge in [0.2, 0.25) is 5.91 Å². The fraction of sp³-hybridized carbons (Fsp3) is 0.654. The maximum atomic E-state index is 12.4. The maximum absolute atomic E-state index is 12.4. The maximum Gasteiger partial charge on any atom is 0.324 e. The van der Waals surface area contributed by atoms with Crippen LogP contribution in [0.15, 0.2) is 28.8 Å². The van der Waals surface area contributed by atoms with E-state index in [4.69, 9.17) is 15.0 Å². The lowest BCUT2D eigenvalue weighted by atomic mass is 9.84. The minimum absolute atomic E-state index is 0.0487. The van der Waals surface area contributed by atoms with E-state index in [0.717, 1.165) is 67.7 Å². The average molecular weight is 502 g/mol. The molecule has 35 heavy (non-hydrogen) atoms. The number of benzene rings is 1.